The Hall–Kier alpha value is -1.86. The van der Waals surface area contributed by atoms with E-state index in [9.17, 15) is 9.18 Å². The number of hydrogen-bond acceptors (Lipinski definition) is 4. The van der Waals surface area contributed by atoms with Gasteiger partial charge in [0.05, 0.1) is 17.9 Å². The highest BCUT2D eigenvalue weighted by Gasteiger charge is 2.24. The van der Waals surface area contributed by atoms with Gasteiger partial charge in [0.15, 0.2) is 0 Å². The molecule has 1 fully saturated rings. The predicted molar refractivity (Wildman–Crippen MR) is 98.8 cm³/mol. The molecule has 0 spiro atoms. The summed E-state index contributed by atoms with van der Waals surface area (Å²) in [7, 11) is 1.83. The fourth-order valence-electron chi connectivity index (χ4n) is 2.78. The number of carbonyl (C=O) groups is 1. The van der Waals surface area contributed by atoms with Crippen LogP contribution in [-0.2, 0) is 4.74 Å². The van der Waals surface area contributed by atoms with Crippen molar-refractivity contribution in [1.82, 2.24) is 10.6 Å². The van der Waals surface area contributed by atoms with Gasteiger partial charge in [-0.1, -0.05) is 0 Å². The number of anilines is 2. The van der Waals surface area contributed by atoms with Crippen LogP contribution in [0.15, 0.2) is 18.2 Å². The van der Waals surface area contributed by atoms with Crippen LogP contribution >= 0.6 is 0 Å². The Labute approximate surface area is 149 Å². The standard InChI is InChI=1S/C18H29FN4O2/c1-12-9-23(10-13(2)25-12)16-7-6-14(8-15(16)19)22-17(24)21-11-18(3,4)20-5/h6-8,12-13,20H,9-11H2,1-5H3,(H2,21,22,24)/t12-,13+. The number of morpholine rings is 1. The van der Waals surface area contributed by atoms with Crippen LogP contribution in [0, 0.1) is 5.82 Å². The average molecular weight is 352 g/mol. The summed E-state index contributed by atoms with van der Waals surface area (Å²) in [5.74, 6) is -0.352. The summed E-state index contributed by atoms with van der Waals surface area (Å²) >= 11 is 0. The van der Waals surface area contributed by atoms with Crippen LogP contribution in [0.4, 0.5) is 20.6 Å². The second kappa shape index (κ2) is 8.01. The lowest BCUT2D eigenvalue weighted by atomic mass is 10.1. The van der Waals surface area contributed by atoms with E-state index in [4.69, 9.17) is 4.74 Å². The number of carbonyl (C=O) groups excluding carboxylic acids is 1. The zero-order chi connectivity index (χ0) is 18.6. The number of likely N-dealkylation sites (N-methyl/N-ethyl adjacent to an activating group) is 1. The number of benzene rings is 1. The van der Waals surface area contributed by atoms with Gasteiger partial charge in [-0.05, 0) is 52.9 Å². The van der Waals surface area contributed by atoms with Gasteiger partial charge in [0, 0.05) is 30.9 Å². The summed E-state index contributed by atoms with van der Waals surface area (Å²) in [5.41, 5.74) is 0.746. The van der Waals surface area contributed by atoms with Crippen molar-refractivity contribution in [3.8, 4) is 0 Å². The second-order valence-corrected chi connectivity index (χ2v) is 7.27. The molecule has 0 bridgehead atoms. The van der Waals surface area contributed by atoms with Gasteiger partial charge in [0.1, 0.15) is 5.82 Å². The molecule has 140 valence electrons. The Morgan fingerprint density at radius 2 is 1.96 bits per heavy atom. The van der Waals surface area contributed by atoms with E-state index in [0.29, 0.717) is 31.0 Å². The number of amides is 2. The summed E-state index contributed by atoms with van der Waals surface area (Å²) in [6, 6.07) is 4.41. The molecule has 1 saturated heterocycles. The van der Waals surface area contributed by atoms with Crippen molar-refractivity contribution in [3.63, 3.8) is 0 Å². The van der Waals surface area contributed by atoms with Crippen molar-refractivity contribution in [2.75, 3.05) is 36.9 Å². The number of hydrogen-bond donors (Lipinski definition) is 3. The maximum Gasteiger partial charge on any atom is 0.319 e. The van der Waals surface area contributed by atoms with Gasteiger partial charge in [0.25, 0.3) is 0 Å². The Kier molecular flexibility index (Phi) is 6.24. The lowest BCUT2D eigenvalue weighted by molar-refractivity contribution is -0.00539. The molecule has 1 aliphatic heterocycles. The molecule has 0 unspecified atom stereocenters. The molecule has 0 aliphatic carbocycles. The highest BCUT2D eigenvalue weighted by Crippen LogP contribution is 2.26. The normalized spacial score (nSPS) is 21.1. The van der Waals surface area contributed by atoms with E-state index in [1.165, 1.54) is 6.07 Å². The molecule has 1 heterocycles. The quantitative estimate of drug-likeness (QED) is 0.762. The molecule has 0 saturated carbocycles. The molecule has 2 atom stereocenters. The molecule has 25 heavy (non-hydrogen) atoms. The molecule has 0 radical (unpaired) electrons. The van der Waals surface area contributed by atoms with Crippen LogP contribution < -0.4 is 20.9 Å². The van der Waals surface area contributed by atoms with Crippen molar-refractivity contribution >= 4 is 17.4 Å². The molecular formula is C18H29FN4O2. The molecule has 1 aromatic rings. The first kappa shape index (κ1) is 19.5. The van der Waals surface area contributed by atoms with Gasteiger partial charge in [-0.3, -0.25) is 0 Å². The van der Waals surface area contributed by atoms with E-state index in [-0.39, 0.29) is 29.6 Å². The minimum absolute atomic E-state index is 0.0576. The van der Waals surface area contributed by atoms with Gasteiger partial charge >= 0.3 is 6.03 Å². The number of urea groups is 1. The Bertz CT molecular complexity index is 599. The van der Waals surface area contributed by atoms with E-state index < -0.39 is 0 Å². The minimum atomic E-state index is -0.357. The molecule has 7 heteroatoms. The maximum absolute atomic E-state index is 14.5. The molecular weight excluding hydrogens is 323 g/mol. The monoisotopic (exact) mass is 352 g/mol. The maximum atomic E-state index is 14.5. The predicted octanol–water partition coefficient (Wildman–Crippen LogP) is 2.56. The Morgan fingerprint density at radius 3 is 2.52 bits per heavy atom. The van der Waals surface area contributed by atoms with Crippen molar-refractivity contribution in [3.05, 3.63) is 24.0 Å². The largest absolute Gasteiger partial charge is 0.372 e. The van der Waals surface area contributed by atoms with Crippen LogP contribution in [0.25, 0.3) is 0 Å². The molecule has 0 aromatic heterocycles. The van der Waals surface area contributed by atoms with Crippen molar-refractivity contribution in [2.24, 2.45) is 0 Å². The van der Waals surface area contributed by atoms with Gasteiger partial charge in [0.2, 0.25) is 0 Å². The van der Waals surface area contributed by atoms with E-state index in [1.807, 2.05) is 39.6 Å². The van der Waals surface area contributed by atoms with E-state index >= 15 is 0 Å². The topological polar surface area (TPSA) is 65.6 Å². The third-order valence-electron chi connectivity index (χ3n) is 4.33. The highest BCUT2D eigenvalue weighted by atomic mass is 19.1. The summed E-state index contributed by atoms with van der Waals surface area (Å²) in [5, 5.41) is 8.54. The van der Waals surface area contributed by atoms with E-state index in [2.05, 4.69) is 16.0 Å². The lowest BCUT2D eigenvalue weighted by Gasteiger charge is -2.37. The number of rotatable bonds is 5. The summed E-state index contributed by atoms with van der Waals surface area (Å²) in [6.07, 6.45) is 0.115. The first-order chi connectivity index (χ1) is 11.7. The van der Waals surface area contributed by atoms with Gasteiger partial charge in [-0.2, -0.15) is 0 Å². The summed E-state index contributed by atoms with van der Waals surface area (Å²) in [4.78, 5) is 13.9. The fourth-order valence-corrected chi connectivity index (χ4v) is 2.78. The van der Waals surface area contributed by atoms with Crippen LogP contribution in [0.3, 0.4) is 0 Å². The molecule has 1 aliphatic rings. The molecule has 2 amide bonds. The first-order valence-electron chi connectivity index (χ1n) is 8.64. The number of nitrogens with one attached hydrogen (secondary N) is 3. The molecule has 1 aromatic carbocycles. The van der Waals surface area contributed by atoms with Crippen molar-refractivity contribution < 1.29 is 13.9 Å². The van der Waals surface area contributed by atoms with Crippen LogP contribution in [0.5, 0.6) is 0 Å². The third kappa shape index (κ3) is 5.57. The zero-order valence-electron chi connectivity index (χ0n) is 15.6. The lowest BCUT2D eigenvalue weighted by Crippen LogP contribution is -2.48. The number of nitrogens with zero attached hydrogens (tertiary/aromatic N) is 1. The van der Waals surface area contributed by atoms with Crippen molar-refractivity contribution in [2.45, 2.75) is 45.4 Å². The smallest absolute Gasteiger partial charge is 0.319 e. The molecule has 3 N–H and O–H groups in total. The zero-order valence-corrected chi connectivity index (χ0v) is 15.6. The number of ether oxygens (including phenoxy) is 1. The van der Waals surface area contributed by atoms with E-state index in [0.717, 1.165) is 0 Å². The Morgan fingerprint density at radius 1 is 1.32 bits per heavy atom. The first-order valence-corrected chi connectivity index (χ1v) is 8.64. The van der Waals surface area contributed by atoms with Gasteiger partial charge < -0.3 is 25.6 Å². The van der Waals surface area contributed by atoms with Crippen molar-refractivity contribution in [1.29, 1.82) is 0 Å². The third-order valence-corrected chi connectivity index (χ3v) is 4.33. The summed E-state index contributed by atoms with van der Waals surface area (Å²) < 4.78 is 20.2. The highest BCUT2D eigenvalue weighted by molar-refractivity contribution is 5.89. The SMILES string of the molecule is CNC(C)(C)CNC(=O)Nc1ccc(N2C[C@@H](C)O[C@@H](C)C2)c(F)c1. The minimum Gasteiger partial charge on any atom is -0.372 e. The van der Waals surface area contributed by atoms with Crippen LogP contribution in [-0.4, -0.2) is 50.5 Å². The second-order valence-electron chi connectivity index (χ2n) is 7.27. The van der Waals surface area contributed by atoms with Gasteiger partial charge in [-0.25, -0.2) is 9.18 Å². The molecule has 2 rings (SSSR count). The van der Waals surface area contributed by atoms with Gasteiger partial charge in [-0.15, -0.1) is 0 Å². The van der Waals surface area contributed by atoms with Crippen LogP contribution in [0.1, 0.15) is 27.7 Å². The molecule has 6 nitrogen and oxygen atoms in total. The summed E-state index contributed by atoms with van der Waals surface area (Å²) in [6.45, 7) is 9.67. The number of halogens is 1. The Balaban J connectivity index is 1.98. The average Bonchev–Trinajstić information content (AvgIpc) is 2.52. The fraction of sp³-hybridized carbons (Fsp3) is 0.611. The van der Waals surface area contributed by atoms with Crippen LogP contribution in [0.2, 0.25) is 0 Å². The van der Waals surface area contributed by atoms with E-state index in [1.54, 1.807) is 12.1 Å².